The summed E-state index contributed by atoms with van der Waals surface area (Å²) < 4.78 is 0.727. The molecule has 36 heavy (non-hydrogen) atoms. The van der Waals surface area contributed by atoms with E-state index in [-0.39, 0.29) is 42.1 Å². The van der Waals surface area contributed by atoms with Gasteiger partial charge < -0.3 is 5.11 Å². The quantitative estimate of drug-likeness (QED) is 0.327. The van der Waals surface area contributed by atoms with Gasteiger partial charge in [0.15, 0.2) is 11.6 Å². The van der Waals surface area contributed by atoms with E-state index in [4.69, 9.17) is 0 Å². The van der Waals surface area contributed by atoms with Crippen LogP contribution in [0.15, 0.2) is 74.6 Å². The Labute approximate surface area is 220 Å². The number of imide groups is 1. The Hall–Kier alpha value is -3.10. The zero-order valence-electron chi connectivity index (χ0n) is 19.4. The van der Waals surface area contributed by atoms with Gasteiger partial charge in [0.25, 0.3) is 0 Å². The maximum absolute atomic E-state index is 13.7. The molecule has 3 aliphatic carbocycles. The molecule has 2 heterocycles. The van der Waals surface area contributed by atoms with Gasteiger partial charge in [-0.05, 0) is 61.4 Å². The van der Waals surface area contributed by atoms with Gasteiger partial charge in [-0.2, -0.15) is 0 Å². The fourth-order valence-electron chi connectivity index (χ4n) is 6.25. The molecule has 182 valence electrons. The van der Waals surface area contributed by atoms with E-state index < -0.39 is 23.7 Å². The van der Waals surface area contributed by atoms with Gasteiger partial charge in [0.05, 0.1) is 18.4 Å². The molecule has 6 nitrogen and oxygen atoms in total. The molecule has 1 aromatic heterocycles. The summed E-state index contributed by atoms with van der Waals surface area (Å²) in [6.45, 7) is 1.87. The Morgan fingerprint density at radius 1 is 1.11 bits per heavy atom. The van der Waals surface area contributed by atoms with Gasteiger partial charge in [0.1, 0.15) is 5.75 Å². The first-order chi connectivity index (χ1) is 17.3. The van der Waals surface area contributed by atoms with Crippen molar-refractivity contribution in [1.82, 2.24) is 4.90 Å². The van der Waals surface area contributed by atoms with Gasteiger partial charge in [0.2, 0.25) is 11.8 Å². The van der Waals surface area contributed by atoms with Crippen molar-refractivity contribution in [2.24, 2.45) is 17.8 Å². The summed E-state index contributed by atoms with van der Waals surface area (Å²) in [5.74, 6) is -3.01. The SMILES string of the molecule is CC1=CC(=O)C2=C(C1=O)[C@@H](c1cc(Br)ccc1O)C1=CC[C@@H]3C(=O)N(Cc4cccs4)C(=O)[C@@H]3[C@@H]1C2. The highest BCUT2D eigenvalue weighted by Crippen LogP contribution is 2.56. The lowest BCUT2D eigenvalue weighted by molar-refractivity contribution is -0.140. The second kappa shape index (κ2) is 8.49. The first-order valence-electron chi connectivity index (χ1n) is 11.8. The molecule has 0 saturated carbocycles. The van der Waals surface area contributed by atoms with Gasteiger partial charge in [-0.25, -0.2) is 0 Å². The van der Waals surface area contributed by atoms with E-state index in [9.17, 15) is 24.3 Å². The maximum atomic E-state index is 13.7. The van der Waals surface area contributed by atoms with Crippen LogP contribution in [0.4, 0.5) is 0 Å². The van der Waals surface area contributed by atoms with Crippen LogP contribution in [0.2, 0.25) is 0 Å². The number of carbonyl (C=O) groups excluding carboxylic acids is 4. The summed E-state index contributed by atoms with van der Waals surface area (Å²) in [5.41, 5.74) is 2.46. The molecule has 1 saturated heterocycles. The van der Waals surface area contributed by atoms with E-state index in [1.807, 2.05) is 23.6 Å². The number of Topliss-reactive ketones (excluding diaryl/α,β-unsaturated/α-hetero) is 1. The van der Waals surface area contributed by atoms with Crippen LogP contribution in [0, 0.1) is 17.8 Å². The number of hydrogen-bond acceptors (Lipinski definition) is 6. The number of amides is 2. The Morgan fingerprint density at radius 3 is 2.67 bits per heavy atom. The molecule has 0 unspecified atom stereocenters. The number of ketones is 2. The fourth-order valence-corrected chi connectivity index (χ4v) is 7.32. The van der Waals surface area contributed by atoms with E-state index in [1.165, 1.54) is 22.3 Å². The zero-order valence-corrected chi connectivity index (χ0v) is 21.8. The van der Waals surface area contributed by atoms with Crippen LogP contribution < -0.4 is 0 Å². The summed E-state index contributed by atoms with van der Waals surface area (Å²) in [6.07, 6.45) is 3.94. The molecule has 4 aliphatic rings. The molecular formula is C28H22BrNO5S. The van der Waals surface area contributed by atoms with Crippen LogP contribution in [-0.4, -0.2) is 33.4 Å². The number of allylic oxidation sites excluding steroid dienone is 6. The molecule has 1 aromatic carbocycles. The third kappa shape index (κ3) is 3.42. The lowest BCUT2D eigenvalue weighted by Crippen LogP contribution is -2.39. The lowest BCUT2D eigenvalue weighted by atomic mass is 9.59. The van der Waals surface area contributed by atoms with Gasteiger partial charge in [-0.1, -0.05) is 33.6 Å². The summed E-state index contributed by atoms with van der Waals surface area (Å²) in [4.78, 5) is 55.9. The van der Waals surface area contributed by atoms with Crippen molar-refractivity contribution in [3.63, 3.8) is 0 Å². The van der Waals surface area contributed by atoms with E-state index in [1.54, 1.807) is 25.1 Å². The van der Waals surface area contributed by atoms with Gasteiger partial charge in [-0.3, -0.25) is 24.1 Å². The third-order valence-corrected chi connectivity index (χ3v) is 9.21. The second-order valence-electron chi connectivity index (χ2n) is 9.77. The average molecular weight is 564 g/mol. The number of carbonyl (C=O) groups is 4. The van der Waals surface area contributed by atoms with Crippen molar-refractivity contribution < 1.29 is 24.3 Å². The minimum atomic E-state index is -0.661. The largest absolute Gasteiger partial charge is 0.508 e. The molecule has 0 bridgehead atoms. The van der Waals surface area contributed by atoms with Gasteiger partial charge in [-0.15, -0.1) is 11.3 Å². The topological polar surface area (TPSA) is 91.8 Å². The molecule has 2 amide bonds. The Balaban J connectivity index is 1.48. The molecule has 0 radical (unpaired) electrons. The smallest absolute Gasteiger partial charge is 0.234 e. The van der Waals surface area contributed by atoms with E-state index in [2.05, 4.69) is 15.9 Å². The predicted octanol–water partition coefficient (Wildman–Crippen LogP) is 4.85. The number of rotatable bonds is 3. The number of nitrogens with zero attached hydrogens (tertiary/aromatic N) is 1. The van der Waals surface area contributed by atoms with E-state index >= 15 is 0 Å². The van der Waals surface area contributed by atoms with Crippen LogP contribution in [0.5, 0.6) is 5.75 Å². The minimum Gasteiger partial charge on any atom is -0.508 e. The van der Waals surface area contributed by atoms with Crippen LogP contribution in [-0.2, 0) is 25.7 Å². The van der Waals surface area contributed by atoms with Crippen molar-refractivity contribution in [3.05, 3.63) is 85.1 Å². The minimum absolute atomic E-state index is 0.0133. The highest BCUT2D eigenvalue weighted by Gasteiger charge is 2.56. The van der Waals surface area contributed by atoms with E-state index in [0.717, 1.165) is 14.9 Å². The van der Waals surface area contributed by atoms with Crippen LogP contribution in [0.25, 0.3) is 0 Å². The number of phenolic OH excluding ortho intramolecular Hbond substituents is 1. The third-order valence-electron chi connectivity index (χ3n) is 7.85. The molecule has 6 rings (SSSR count). The molecule has 4 atom stereocenters. The number of phenols is 1. The highest BCUT2D eigenvalue weighted by atomic mass is 79.9. The Bertz CT molecular complexity index is 1450. The summed E-state index contributed by atoms with van der Waals surface area (Å²) in [6, 6.07) is 8.82. The van der Waals surface area contributed by atoms with Crippen molar-refractivity contribution in [3.8, 4) is 5.75 Å². The van der Waals surface area contributed by atoms with Crippen LogP contribution in [0.1, 0.15) is 36.1 Å². The number of fused-ring (bicyclic) bond motifs is 3. The van der Waals surface area contributed by atoms with Crippen molar-refractivity contribution in [1.29, 1.82) is 0 Å². The standard InChI is InChI=1S/C28H22BrNO5S/c1-13-9-22(32)20-11-18-16(23(25(20)26(13)33)19-10-14(29)4-7-21(19)31)5-6-17-24(18)28(35)30(27(17)34)12-15-3-2-8-36-15/h2-5,7-10,17-18,23-24,31H,6,11-12H2,1H3/t17-,18+,23+,24-/m0/s1. The van der Waals surface area contributed by atoms with Crippen molar-refractivity contribution >= 4 is 50.6 Å². The summed E-state index contributed by atoms with van der Waals surface area (Å²) in [7, 11) is 0. The molecule has 0 spiro atoms. The van der Waals surface area contributed by atoms with Crippen molar-refractivity contribution in [2.45, 2.75) is 32.2 Å². The zero-order chi connectivity index (χ0) is 25.3. The number of halogens is 1. The summed E-state index contributed by atoms with van der Waals surface area (Å²) in [5, 5.41) is 12.8. The fraction of sp³-hybridized carbons (Fsp3) is 0.286. The lowest BCUT2D eigenvalue weighted by Gasteiger charge is -2.42. The Morgan fingerprint density at radius 2 is 1.92 bits per heavy atom. The first-order valence-corrected chi connectivity index (χ1v) is 13.5. The monoisotopic (exact) mass is 563 g/mol. The second-order valence-corrected chi connectivity index (χ2v) is 11.7. The van der Waals surface area contributed by atoms with Gasteiger partial charge in [0, 0.05) is 37.6 Å². The van der Waals surface area contributed by atoms with E-state index in [0.29, 0.717) is 28.7 Å². The number of hydrogen-bond donors (Lipinski definition) is 1. The summed E-state index contributed by atoms with van der Waals surface area (Å²) >= 11 is 4.96. The molecule has 1 fully saturated rings. The first kappa shape index (κ1) is 23.3. The normalized spacial score (nSPS) is 27.6. The number of thiophene rings is 1. The molecule has 1 aliphatic heterocycles. The van der Waals surface area contributed by atoms with Crippen molar-refractivity contribution in [2.75, 3.05) is 0 Å². The predicted molar refractivity (Wildman–Crippen MR) is 137 cm³/mol. The molecular weight excluding hydrogens is 542 g/mol. The molecule has 8 heteroatoms. The molecule has 2 aromatic rings. The average Bonchev–Trinajstić information content (AvgIpc) is 3.46. The Kier molecular flexibility index (Phi) is 5.50. The molecule has 1 N–H and O–H groups in total. The number of benzene rings is 1. The highest BCUT2D eigenvalue weighted by molar-refractivity contribution is 9.10. The maximum Gasteiger partial charge on any atom is 0.234 e. The van der Waals surface area contributed by atoms with Gasteiger partial charge >= 0.3 is 0 Å². The van der Waals surface area contributed by atoms with Crippen LogP contribution >= 0.6 is 27.3 Å². The van der Waals surface area contributed by atoms with Crippen LogP contribution in [0.3, 0.4) is 0 Å². The number of aromatic hydroxyl groups is 1. The number of likely N-dealkylation sites (tertiary alicyclic amines) is 1.